The van der Waals surface area contributed by atoms with Crippen LogP contribution in [0.25, 0.3) is 0 Å². The van der Waals surface area contributed by atoms with E-state index in [1.807, 2.05) is 20.0 Å². The van der Waals surface area contributed by atoms with Crippen molar-refractivity contribution in [3.05, 3.63) is 11.9 Å². The highest BCUT2D eigenvalue weighted by molar-refractivity contribution is 5.48. The SMILES string of the molecule is CCCCNc1cc(N(C)CCCNC)nc(C)n1. The van der Waals surface area contributed by atoms with Gasteiger partial charge < -0.3 is 15.5 Å². The van der Waals surface area contributed by atoms with E-state index in [-0.39, 0.29) is 0 Å². The first-order chi connectivity index (χ1) is 9.17. The Morgan fingerprint density at radius 3 is 2.68 bits per heavy atom. The molecular formula is C14H27N5. The maximum atomic E-state index is 4.50. The van der Waals surface area contributed by atoms with Gasteiger partial charge in [-0.2, -0.15) is 0 Å². The number of hydrogen-bond donors (Lipinski definition) is 2. The molecule has 0 aliphatic carbocycles. The predicted molar refractivity (Wildman–Crippen MR) is 82.0 cm³/mol. The third-order valence-electron chi connectivity index (χ3n) is 2.97. The van der Waals surface area contributed by atoms with Gasteiger partial charge >= 0.3 is 0 Å². The van der Waals surface area contributed by atoms with Crippen LogP contribution in [0.3, 0.4) is 0 Å². The maximum absolute atomic E-state index is 4.50. The van der Waals surface area contributed by atoms with E-state index in [4.69, 9.17) is 0 Å². The molecule has 2 N–H and O–H groups in total. The first kappa shape index (κ1) is 15.7. The van der Waals surface area contributed by atoms with Gasteiger partial charge in [-0.15, -0.1) is 0 Å². The summed E-state index contributed by atoms with van der Waals surface area (Å²) in [5.41, 5.74) is 0. The van der Waals surface area contributed by atoms with Gasteiger partial charge in [0.15, 0.2) is 0 Å². The van der Waals surface area contributed by atoms with E-state index in [1.54, 1.807) is 0 Å². The first-order valence-electron chi connectivity index (χ1n) is 7.12. The highest BCUT2D eigenvalue weighted by atomic mass is 15.2. The second kappa shape index (κ2) is 8.69. The Morgan fingerprint density at radius 2 is 2.00 bits per heavy atom. The average Bonchev–Trinajstić information content (AvgIpc) is 2.38. The molecule has 1 aromatic heterocycles. The standard InChI is InChI=1S/C14H27N5/c1-5-6-9-16-13-11-14(18-12(2)17-13)19(4)10-7-8-15-3/h11,15H,5-10H2,1-4H3,(H,16,17,18). The smallest absolute Gasteiger partial charge is 0.134 e. The quantitative estimate of drug-likeness (QED) is 0.669. The number of aromatic nitrogens is 2. The van der Waals surface area contributed by atoms with E-state index in [1.165, 1.54) is 6.42 Å². The van der Waals surface area contributed by atoms with Gasteiger partial charge in [0, 0.05) is 26.2 Å². The number of nitrogens with zero attached hydrogens (tertiary/aromatic N) is 3. The fourth-order valence-electron chi connectivity index (χ4n) is 1.84. The van der Waals surface area contributed by atoms with E-state index < -0.39 is 0 Å². The van der Waals surface area contributed by atoms with Gasteiger partial charge in [-0.3, -0.25) is 0 Å². The van der Waals surface area contributed by atoms with Gasteiger partial charge in [-0.05, 0) is 33.4 Å². The topological polar surface area (TPSA) is 53.1 Å². The fraction of sp³-hybridized carbons (Fsp3) is 0.714. The molecule has 0 unspecified atom stereocenters. The summed E-state index contributed by atoms with van der Waals surface area (Å²) in [6.45, 7) is 7.11. The zero-order valence-corrected chi connectivity index (χ0v) is 12.7. The minimum atomic E-state index is 0.817. The van der Waals surface area contributed by atoms with Crippen molar-refractivity contribution in [2.24, 2.45) is 0 Å². The van der Waals surface area contributed by atoms with Crippen molar-refractivity contribution < 1.29 is 0 Å². The number of nitrogens with one attached hydrogen (secondary N) is 2. The van der Waals surface area contributed by atoms with Gasteiger partial charge in [0.1, 0.15) is 17.5 Å². The van der Waals surface area contributed by atoms with Crippen molar-refractivity contribution in [2.75, 3.05) is 43.9 Å². The lowest BCUT2D eigenvalue weighted by Gasteiger charge is -2.19. The van der Waals surface area contributed by atoms with Crippen molar-refractivity contribution in [2.45, 2.75) is 33.1 Å². The molecule has 0 atom stereocenters. The molecular weight excluding hydrogens is 238 g/mol. The summed E-state index contributed by atoms with van der Waals surface area (Å²) in [5, 5.41) is 6.52. The molecule has 0 saturated carbocycles. The van der Waals surface area contributed by atoms with Crippen LogP contribution in [0.2, 0.25) is 0 Å². The van der Waals surface area contributed by atoms with Crippen LogP contribution in [0.4, 0.5) is 11.6 Å². The molecule has 108 valence electrons. The summed E-state index contributed by atoms with van der Waals surface area (Å²) in [5.74, 6) is 2.73. The molecule has 0 aromatic carbocycles. The minimum Gasteiger partial charge on any atom is -0.370 e. The van der Waals surface area contributed by atoms with Crippen molar-refractivity contribution in [3.8, 4) is 0 Å². The zero-order chi connectivity index (χ0) is 14.1. The number of aryl methyl sites for hydroxylation is 1. The van der Waals surface area contributed by atoms with Crippen molar-refractivity contribution >= 4 is 11.6 Å². The molecule has 0 amide bonds. The molecule has 0 fully saturated rings. The summed E-state index contributed by atoms with van der Waals surface area (Å²) in [6.07, 6.45) is 3.46. The van der Waals surface area contributed by atoms with Crippen molar-refractivity contribution in [1.82, 2.24) is 15.3 Å². The normalized spacial score (nSPS) is 10.5. The van der Waals surface area contributed by atoms with E-state index >= 15 is 0 Å². The monoisotopic (exact) mass is 265 g/mol. The third-order valence-corrected chi connectivity index (χ3v) is 2.97. The minimum absolute atomic E-state index is 0.817. The van der Waals surface area contributed by atoms with Crippen LogP contribution >= 0.6 is 0 Å². The molecule has 0 aliphatic heterocycles. The Hall–Kier alpha value is -1.36. The molecule has 5 heteroatoms. The zero-order valence-electron chi connectivity index (χ0n) is 12.7. The van der Waals surface area contributed by atoms with Gasteiger partial charge in [0.05, 0.1) is 0 Å². The lowest BCUT2D eigenvalue weighted by atomic mass is 10.3. The number of hydrogen-bond acceptors (Lipinski definition) is 5. The van der Waals surface area contributed by atoms with Crippen molar-refractivity contribution in [1.29, 1.82) is 0 Å². The number of unbranched alkanes of at least 4 members (excludes halogenated alkanes) is 1. The maximum Gasteiger partial charge on any atom is 0.134 e. The van der Waals surface area contributed by atoms with Crippen LogP contribution in [-0.4, -0.2) is 43.7 Å². The fourth-order valence-corrected chi connectivity index (χ4v) is 1.84. The van der Waals surface area contributed by atoms with E-state index in [0.717, 1.165) is 49.9 Å². The van der Waals surface area contributed by atoms with Gasteiger partial charge in [-0.1, -0.05) is 13.3 Å². The van der Waals surface area contributed by atoms with Gasteiger partial charge in [0.2, 0.25) is 0 Å². The van der Waals surface area contributed by atoms with Gasteiger partial charge in [-0.25, -0.2) is 9.97 Å². The van der Waals surface area contributed by atoms with Crippen LogP contribution in [0.5, 0.6) is 0 Å². The lowest BCUT2D eigenvalue weighted by molar-refractivity contribution is 0.708. The molecule has 19 heavy (non-hydrogen) atoms. The van der Waals surface area contributed by atoms with Crippen LogP contribution in [0, 0.1) is 6.92 Å². The van der Waals surface area contributed by atoms with Crippen LogP contribution in [0.15, 0.2) is 6.07 Å². The highest BCUT2D eigenvalue weighted by Gasteiger charge is 2.06. The summed E-state index contributed by atoms with van der Waals surface area (Å²) in [4.78, 5) is 11.1. The largest absolute Gasteiger partial charge is 0.370 e. The Labute approximate surface area is 116 Å². The molecule has 1 rings (SSSR count). The Bertz CT molecular complexity index is 367. The van der Waals surface area contributed by atoms with Crippen LogP contribution in [-0.2, 0) is 0 Å². The van der Waals surface area contributed by atoms with Crippen molar-refractivity contribution in [3.63, 3.8) is 0 Å². The van der Waals surface area contributed by atoms with E-state index in [9.17, 15) is 0 Å². The molecule has 5 nitrogen and oxygen atoms in total. The molecule has 0 aliphatic rings. The Morgan fingerprint density at radius 1 is 1.21 bits per heavy atom. The van der Waals surface area contributed by atoms with Gasteiger partial charge in [0.25, 0.3) is 0 Å². The van der Waals surface area contributed by atoms with Crippen LogP contribution in [0.1, 0.15) is 32.0 Å². The molecule has 0 saturated heterocycles. The second-order valence-corrected chi connectivity index (χ2v) is 4.82. The van der Waals surface area contributed by atoms with E-state index in [0.29, 0.717) is 0 Å². The molecule has 0 spiro atoms. The predicted octanol–water partition coefficient (Wildman–Crippen LogP) is 2.04. The first-order valence-corrected chi connectivity index (χ1v) is 7.12. The second-order valence-electron chi connectivity index (χ2n) is 4.82. The third kappa shape index (κ3) is 5.87. The Balaban J connectivity index is 2.61. The van der Waals surface area contributed by atoms with E-state index in [2.05, 4.69) is 39.5 Å². The number of rotatable bonds is 9. The molecule has 1 aromatic rings. The average molecular weight is 265 g/mol. The Kier molecular flexibility index (Phi) is 7.18. The van der Waals surface area contributed by atoms with Crippen LogP contribution < -0.4 is 15.5 Å². The summed E-state index contributed by atoms with van der Waals surface area (Å²) in [7, 11) is 4.05. The summed E-state index contributed by atoms with van der Waals surface area (Å²) >= 11 is 0. The summed E-state index contributed by atoms with van der Waals surface area (Å²) in [6, 6.07) is 2.03. The lowest BCUT2D eigenvalue weighted by Crippen LogP contribution is -2.23. The molecule has 1 heterocycles. The number of anilines is 2. The molecule has 0 bridgehead atoms. The summed E-state index contributed by atoms with van der Waals surface area (Å²) < 4.78 is 0. The molecule has 0 radical (unpaired) electrons. The highest BCUT2D eigenvalue weighted by Crippen LogP contribution is 2.14.